The molecule has 1 heterocycles. The first-order valence-corrected chi connectivity index (χ1v) is 11.9. The zero-order chi connectivity index (χ0) is 22.2. The molecule has 1 aliphatic carbocycles. The molecule has 0 bridgehead atoms. The first-order valence-electron chi connectivity index (χ1n) is 11.9. The first-order chi connectivity index (χ1) is 15.7. The summed E-state index contributed by atoms with van der Waals surface area (Å²) in [6.07, 6.45) is 6.78. The molecule has 0 radical (unpaired) electrons. The van der Waals surface area contributed by atoms with Crippen LogP contribution in [0.25, 0.3) is 0 Å². The number of piperazine rings is 1. The van der Waals surface area contributed by atoms with Gasteiger partial charge in [-0.2, -0.15) is 0 Å². The van der Waals surface area contributed by atoms with Crippen molar-refractivity contribution in [2.24, 2.45) is 0 Å². The average molecular weight is 435 g/mol. The van der Waals surface area contributed by atoms with Crippen LogP contribution in [0.2, 0.25) is 0 Å². The third-order valence-corrected chi connectivity index (χ3v) is 6.59. The number of amides is 3. The van der Waals surface area contributed by atoms with E-state index in [0.29, 0.717) is 25.6 Å². The van der Waals surface area contributed by atoms with Crippen LogP contribution in [-0.2, 0) is 11.3 Å². The third kappa shape index (κ3) is 6.10. The Bertz CT molecular complexity index is 878. The predicted octanol–water partition coefficient (Wildman–Crippen LogP) is 4.25. The van der Waals surface area contributed by atoms with Gasteiger partial charge in [-0.25, -0.2) is 4.79 Å². The van der Waals surface area contributed by atoms with Crippen molar-refractivity contribution in [2.45, 2.75) is 57.0 Å². The van der Waals surface area contributed by atoms with Crippen LogP contribution in [0.15, 0.2) is 54.6 Å². The zero-order valence-corrected chi connectivity index (χ0v) is 18.7. The molecule has 1 aliphatic heterocycles. The minimum Gasteiger partial charge on any atom is -0.334 e. The van der Waals surface area contributed by atoms with E-state index in [1.807, 2.05) is 42.5 Å². The van der Waals surface area contributed by atoms with Gasteiger partial charge in [-0.1, -0.05) is 61.7 Å². The van der Waals surface area contributed by atoms with Gasteiger partial charge in [0.1, 0.15) is 0 Å². The number of benzene rings is 2. The van der Waals surface area contributed by atoms with Crippen molar-refractivity contribution in [1.29, 1.82) is 0 Å². The Morgan fingerprint density at radius 3 is 2.47 bits per heavy atom. The van der Waals surface area contributed by atoms with Crippen LogP contribution in [0.5, 0.6) is 0 Å². The summed E-state index contributed by atoms with van der Waals surface area (Å²) >= 11 is 0. The van der Waals surface area contributed by atoms with Gasteiger partial charge in [0.15, 0.2) is 0 Å². The van der Waals surface area contributed by atoms with E-state index >= 15 is 0 Å². The minimum absolute atomic E-state index is 0.0648. The van der Waals surface area contributed by atoms with Gasteiger partial charge < -0.3 is 20.9 Å². The number of carbonyl (C=O) groups excluding carboxylic acids is 2. The van der Waals surface area contributed by atoms with Crippen molar-refractivity contribution in [2.75, 3.05) is 25.0 Å². The minimum atomic E-state index is -0.166. The molecular formula is C26H34N4O2. The van der Waals surface area contributed by atoms with Gasteiger partial charge in [-0.3, -0.25) is 4.79 Å². The van der Waals surface area contributed by atoms with E-state index in [2.05, 4.69) is 28.1 Å². The molecule has 2 aromatic rings. The molecule has 2 fully saturated rings. The lowest BCUT2D eigenvalue weighted by Gasteiger charge is -2.36. The van der Waals surface area contributed by atoms with Crippen molar-refractivity contribution in [3.8, 4) is 0 Å². The van der Waals surface area contributed by atoms with E-state index in [4.69, 9.17) is 0 Å². The molecule has 2 aromatic carbocycles. The highest BCUT2D eigenvalue weighted by Crippen LogP contribution is 2.33. The van der Waals surface area contributed by atoms with Crippen LogP contribution in [-0.4, -0.2) is 42.5 Å². The largest absolute Gasteiger partial charge is 0.334 e. The average Bonchev–Trinajstić information content (AvgIpc) is 2.84. The first kappa shape index (κ1) is 22.3. The molecule has 1 saturated heterocycles. The Morgan fingerprint density at radius 2 is 1.72 bits per heavy atom. The lowest BCUT2D eigenvalue weighted by Crippen LogP contribution is -2.57. The van der Waals surface area contributed by atoms with Crippen LogP contribution in [0.4, 0.5) is 10.5 Å². The van der Waals surface area contributed by atoms with Crippen LogP contribution in [0.1, 0.15) is 55.6 Å². The zero-order valence-electron chi connectivity index (χ0n) is 18.7. The number of nitrogens with one attached hydrogen (secondary N) is 3. The smallest absolute Gasteiger partial charge is 0.318 e. The summed E-state index contributed by atoms with van der Waals surface area (Å²) in [6.45, 7) is 2.43. The Labute approximate surface area is 190 Å². The molecule has 32 heavy (non-hydrogen) atoms. The van der Waals surface area contributed by atoms with E-state index in [-0.39, 0.29) is 24.4 Å². The molecule has 6 nitrogen and oxygen atoms in total. The second-order valence-corrected chi connectivity index (χ2v) is 8.90. The fraction of sp³-hybridized carbons (Fsp3) is 0.462. The quantitative estimate of drug-likeness (QED) is 0.636. The maximum atomic E-state index is 12.8. The maximum Gasteiger partial charge on any atom is 0.318 e. The van der Waals surface area contributed by atoms with E-state index in [1.54, 1.807) is 4.90 Å². The molecule has 3 amide bonds. The Balaban J connectivity index is 1.29. The Kier molecular flexibility index (Phi) is 7.77. The molecule has 4 rings (SSSR count). The van der Waals surface area contributed by atoms with Gasteiger partial charge in [0.05, 0.1) is 6.04 Å². The van der Waals surface area contributed by atoms with Crippen LogP contribution in [0, 0.1) is 0 Å². The molecule has 1 unspecified atom stereocenters. The van der Waals surface area contributed by atoms with Crippen LogP contribution < -0.4 is 16.0 Å². The molecule has 6 heteroatoms. The molecule has 0 aromatic heterocycles. The van der Waals surface area contributed by atoms with Crippen LogP contribution in [0.3, 0.4) is 0 Å². The van der Waals surface area contributed by atoms with Gasteiger partial charge in [0, 0.05) is 38.3 Å². The van der Waals surface area contributed by atoms with Crippen molar-refractivity contribution in [3.05, 3.63) is 65.7 Å². The lowest BCUT2D eigenvalue weighted by molar-refractivity contribution is -0.117. The Morgan fingerprint density at radius 1 is 0.969 bits per heavy atom. The van der Waals surface area contributed by atoms with Gasteiger partial charge in [0.2, 0.25) is 5.91 Å². The molecule has 1 atom stereocenters. The van der Waals surface area contributed by atoms with Crippen LogP contribution >= 0.6 is 0 Å². The van der Waals surface area contributed by atoms with Gasteiger partial charge in [0.25, 0.3) is 0 Å². The second kappa shape index (κ2) is 11.1. The van der Waals surface area contributed by atoms with Gasteiger partial charge in [-0.05, 0) is 42.0 Å². The number of hydrogen-bond donors (Lipinski definition) is 3. The van der Waals surface area contributed by atoms with E-state index in [0.717, 1.165) is 17.8 Å². The van der Waals surface area contributed by atoms with Crippen molar-refractivity contribution in [3.63, 3.8) is 0 Å². The standard InChI is InChI=1S/C26H34N4O2/c31-25(29-23-13-11-22(12-14-23)21-9-5-2-6-10-21)17-24-19-27-15-16-30(24)26(32)28-18-20-7-3-1-4-8-20/h1,3-4,7-8,11-14,21,24,27H,2,5-6,9-10,15-19H2,(H,28,32)(H,29,31). The summed E-state index contributed by atoms with van der Waals surface area (Å²) in [6, 6.07) is 17.9. The van der Waals surface area contributed by atoms with Crippen molar-refractivity contribution >= 4 is 17.6 Å². The number of anilines is 1. The summed E-state index contributed by atoms with van der Waals surface area (Å²) in [4.78, 5) is 27.3. The van der Waals surface area contributed by atoms with E-state index in [9.17, 15) is 9.59 Å². The van der Waals surface area contributed by atoms with E-state index in [1.165, 1.54) is 37.7 Å². The summed E-state index contributed by atoms with van der Waals surface area (Å²) in [5.41, 5.74) is 3.25. The molecular weight excluding hydrogens is 400 g/mol. The number of carbonyl (C=O) groups is 2. The summed E-state index contributed by atoms with van der Waals surface area (Å²) < 4.78 is 0. The Hall–Kier alpha value is -2.86. The number of urea groups is 1. The number of nitrogens with zero attached hydrogens (tertiary/aromatic N) is 1. The fourth-order valence-corrected chi connectivity index (χ4v) is 4.79. The molecule has 170 valence electrons. The third-order valence-electron chi connectivity index (χ3n) is 6.59. The molecule has 2 aliphatic rings. The molecule has 1 saturated carbocycles. The normalized spacial score (nSPS) is 19.4. The molecule has 3 N–H and O–H groups in total. The van der Waals surface area contributed by atoms with Crippen molar-refractivity contribution in [1.82, 2.24) is 15.5 Å². The summed E-state index contributed by atoms with van der Waals surface area (Å²) in [5.74, 6) is 0.592. The SMILES string of the molecule is O=C(CC1CNCCN1C(=O)NCc1ccccc1)Nc1ccc(C2CCCCC2)cc1. The summed E-state index contributed by atoms with van der Waals surface area (Å²) in [7, 11) is 0. The van der Waals surface area contributed by atoms with Gasteiger partial charge >= 0.3 is 6.03 Å². The topological polar surface area (TPSA) is 73.5 Å². The highest BCUT2D eigenvalue weighted by molar-refractivity contribution is 5.91. The highest BCUT2D eigenvalue weighted by Gasteiger charge is 2.28. The monoisotopic (exact) mass is 434 g/mol. The van der Waals surface area contributed by atoms with E-state index < -0.39 is 0 Å². The lowest BCUT2D eigenvalue weighted by atomic mass is 9.84. The number of rotatable bonds is 6. The summed E-state index contributed by atoms with van der Waals surface area (Å²) in [5, 5.41) is 9.30. The van der Waals surface area contributed by atoms with Crippen molar-refractivity contribution < 1.29 is 9.59 Å². The number of hydrogen-bond acceptors (Lipinski definition) is 3. The van der Waals surface area contributed by atoms with Gasteiger partial charge in [-0.15, -0.1) is 0 Å². The maximum absolute atomic E-state index is 12.8. The molecule has 0 spiro atoms. The predicted molar refractivity (Wildman–Crippen MR) is 128 cm³/mol. The fourth-order valence-electron chi connectivity index (χ4n) is 4.79. The highest BCUT2D eigenvalue weighted by atomic mass is 16.2. The second-order valence-electron chi connectivity index (χ2n) is 8.90.